The van der Waals surface area contributed by atoms with Crippen molar-refractivity contribution in [2.24, 2.45) is 0 Å². The third kappa shape index (κ3) is 6.21. The van der Waals surface area contributed by atoms with E-state index >= 15 is 0 Å². The summed E-state index contributed by atoms with van der Waals surface area (Å²) in [6.45, 7) is 8.20. The molecule has 0 heteroatoms. The van der Waals surface area contributed by atoms with Crippen LogP contribution in [-0.4, -0.2) is 0 Å². The summed E-state index contributed by atoms with van der Waals surface area (Å²) in [5.74, 6) is 0. The van der Waals surface area contributed by atoms with E-state index in [9.17, 15) is 0 Å². The maximum absolute atomic E-state index is 3.73. The number of hydrogen-bond donors (Lipinski definition) is 0. The lowest BCUT2D eigenvalue weighted by Gasteiger charge is -2.02. The molecule has 0 atom stereocenters. The van der Waals surface area contributed by atoms with E-state index in [1.165, 1.54) is 32.1 Å². The van der Waals surface area contributed by atoms with Gasteiger partial charge in [-0.25, -0.2) is 0 Å². The van der Waals surface area contributed by atoms with Crippen molar-refractivity contribution in [1.29, 1.82) is 0 Å². The molecule has 0 heterocycles. The van der Waals surface area contributed by atoms with Crippen LogP contribution < -0.4 is 0 Å². The minimum absolute atomic E-state index is 1.16. The van der Waals surface area contributed by atoms with Crippen LogP contribution in [0.3, 0.4) is 0 Å². The van der Waals surface area contributed by atoms with Gasteiger partial charge in [0.25, 0.3) is 0 Å². The van der Waals surface area contributed by atoms with Gasteiger partial charge in [0.05, 0.1) is 0 Å². The Bertz CT molecular complexity index is 131. The van der Waals surface area contributed by atoms with Crippen LogP contribution in [0.15, 0.2) is 24.3 Å². The zero-order valence-electron chi connectivity index (χ0n) is 8.60. The van der Waals surface area contributed by atoms with Gasteiger partial charge in [-0.3, -0.25) is 0 Å². The van der Waals surface area contributed by atoms with Crippen molar-refractivity contribution in [2.45, 2.75) is 52.4 Å². The van der Waals surface area contributed by atoms with Gasteiger partial charge in [0, 0.05) is 0 Å². The zero-order valence-corrected chi connectivity index (χ0v) is 8.60. The molecule has 0 bridgehead atoms. The van der Waals surface area contributed by atoms with Crippen LogP contribution in [0.25, 0.3) is 0 Å². The third-order valence-corrected chi connectivity index (χ3v) is 2.08. The third-order valence-electron chi connectivity index (χ3n) is 2.08. The van der Waals surface area contributed by atoms with Crippen LogP contribution in [0.5, 0.6) is 0 Å². The van der Waals surface area contributed by atoms with Crippen LogP contribution in [0.4, 0.5) is 0 Å². The van der Waals surface area contributed by atoms with Crippen molar-refractivity contribution in [3.63, 3.8) is 0 Å². The number of unbranched alkanes of at least 4 members (excludes halogenated alkanes) is 2. The fraction of sp³-hybridized carbons (Fsp3) is 0.667. The summed E-state index contributed by atoms with van der Waals surface area (Å²) >= 11 is 0. The highest BCUT2D eigenvalue weighted by Gasteiger charge is 1.92. The van der Waals surface area contributed by atoms with Gasteiger partial charge in [-0.2, -0.15) is 0 Å². The quantitative estimate of drug-likeness (QED) is 0.386. The molecular weight excluding hydrogens is 144 g/mol. The van der Waals surface area contributed by atoms with E-state index < -0.39 is 0 Å². The number of hydrogen-bond acceptors (Lipinski definition) is 0. The monoisotopic (exact) mass is 166 g/mol. The summed E-state index contributed by atoms with van der Waals surface area (Å²) in [6, 6.07) is 0. The minimum Gasteiger partial charge on any atom is -0.103 e. The second-order valence-corrected chi connectivity index (χ2v) is 3.19. The molecule has 70 valence electrons. The van der Waals surface area contributed by atoms with Crippen LogP contribution in [0.1, 0.15) is 52.4 Å². The minimum atomic E-state index is 1.16. The van der Waals surface area contributed by atoms with E-state index in [4.69, 9.17) is 0 Å². The predicted octanol–water partition coefficient (Wildman–Crippen LogP) is 4.48. The summed E-state index contributed by atoms with van der Waals surface area (Å²) in [4.78, 5) is 0. The normalized spacial score (nSPS) is 11.7. The Balaban J connectivity index is 3.58. The molecule has 0 aliphatic carbocycles. The van der Waals surface area contributed by atoms with Gasteiger partial charge < -0.3 is 0 Å². The molecule has 0 aromatic heterocycles. The number of rotatable bonds is 7. The second kappa shape index (κ2) is 8.58. The van der Waals surface area contributed by atoms with Crippen molar-refractivity contribution in [2.75, 3.05) is 0 Å². The Hall–Kier alpha value is -0.520. The smallest absolute Gasteiger partial charge is 0.0317 e. The lowest BCUT2D eigenvalue weighted by atomic mass is 10.0. The first-order valence-corrected chi connectivity index (χ1v) is 5.13. The van der Waals surface area contributed by atoms with Gasteiger partial charge >= 0.3 is 0 Å². The molecule has 0 rings (SSSR count). The Morgan fingerprint density at radius 1 is 1.25 bits per heavy atom. The van der Waals surface area contributed by atoms with Crippen molar-refractivity contribution in [1.82, 2.24) is 0 Å². The molecule has 0 radical (unpaired) electrons. The van der Waals surface area contributed by atoms with E-state index in [0.717, 1.165) is 6.42 Å². The lowest BCUT2D eigenvalue weighted by Crippen LogP contribution is -1.82. The molecular formula is C12H22. The molecule has 0 N–H and O–H groups in total. The highest BCUT2D eigenvalue weighted by atomic mass is 14.0. The molecule has 0 unspecified atom stereocenters. The van der Waals surface area contributed by atoms with Gasteiger partial charge in [0.2, 0.25) is 0 Å². The molecule has 0 nitrogen and oxygen atoms in total. The first-order chi connectivity index (χ1) is 5.85. The molecule has 12 heavy (non-hydrogen) atoms. The first-order valence-electron chi connectivity index (χ1n) is 5.13. The average molecular weight is 166 g/mol. The standard InChI is InChI=1S/C12H22/c1-4-7-9-11-12(6-3)10-8-5-2/h4,10H,1,5-9,11H2,2-3H3/b12-10+. The van der Waals surface area contributed by atoms with E-state index in [1.807, 2.05) is 6.08 Å². The molecule has 0 spiro atoms. The molecule has 0 amide bonds. The van der Waals surface area contributed by atoms with Crippen molar-refractivity contribution in [3.8, 4) is 0 Å². The summed E-state index contributed by atoms with van der Waals surface area (Å²) in [5.41, 5.74) is 1.62. The largest absolute Gasteiger partial charge is 0.103 e. The predicted molar refractivity (Wildman–Crippen MR) is 57.3 cm³/mol. The van der Waals surface area contributed by atoms with E-state index in [-0.39, 0.29) is 0 Å². The Kier molecular flexibility index (Phi) is 8.20. The fourth-order valence-corrected chi connectivity index (χ4v) is 1.25. The lowest BCUT2D eigenvalue weighted by molar-refractivity contribution is 0.791. The van der Waals surface area contributed by atoms with Crippen LogP contribution >= 0.6 is 0 Å². The highest BCUT2D eigenvalue weighted by Crippen LogP contribution is 2.12. The van der Waals surface area contributed by atoms with Crippen molar-refractivity contribution in [3.05, 3.63) is 24.3 Å². The molecule has 0 aromatic rings. The van der Waals surface area contributed by atoms with E-state index in [1.54, 1.807) is 5.57 Å². The van der Waals surface area contributed by atoms with Crippen LogP contribution in [0.2, 0.25) is 0 Å². The van der Waals surface area contributed by atoms with Crippen molar-refractivity contribution >= 4 is 0 Å². The molecule has 0 saturated heterocycles. The second-order valence-electron chi connectivity index (χ2n) is 3.19. The first kappa shape index (κ1) is 11.5. The molecule has 0 aliphatic rings. The number of allylic oxidation sites excluding steroid dienone is 3. The van der Waals surface area contributed by atoms with Gasteiger partial charge in [-0.05, 0) is 32.1 Å². The van der Waals surface area contributed by atoms with Gasteiger partial charge in [0.15, 0.2) is 0 Å². The van der Waals surface area contributed by atoms with Gasteiger partial charge in [0.1, 0.15) is 0 Å². The molecule has 0 aliphatic heterocycles. The Morgan fingerprint density at radius 3 is 2.50 bits per heavy atom. The van der Waals surface area contributed by atoms with Crippen LogP contribution in [0, 0.1) is 0 Å². The van der Waals surface area contributed by atoms with E-state index in [2.05, 4.69) is 26.5 Å². The topological polar surface area (TPSA) is 0 Å². The maximum atomic E-state index is 3.73. The van der Waals surface area contributed by atoms with Crippen LogP contribution in [-0.2, 0) is 0 Å². The highest BCUT2D eigenvalue weighted by molar-refractivity contribution is 5.01. The Labute approximate surface area is 77.4 Å². The Morgan fingerprint density at radius 2 is 2.00 bits per heavy atom. The van der Waals surface area contributed by atoms with Gasteiger partial charge in [-0.15, -0.1) is 6.58 Å². The zero-order chi connectivity index (χ0) is 9.23. The molecule has 0 aromatic carbocycles. The fourth-order valence-electron chi connectivity index (χ4n) is 1.25. The summed E-state index contributed by atoms with van der Waals surface area (Å²) in [6.07, 6.45) is 11.8. The van der Waals surface area contributed by atoms with E-state index in [0.29, 0.717) is 0 Å². The maximum Gasteiger partial charge on any atom is -0.0317 e. The van der Waals surface area contributed by atoms with Crippen molar-refractivity contribution < 1.29 is 0 Å². The summed E-state index contributed by atoms with van der Waals surface area (Å²) in [7, 11) is 0. The summed E-state index contributed by atoms with van der Waals surface area (Å²) in [5, 5.41) is 0. The summed E-state index contributed by atoms with van der Waals surface area (Å²) < 4.78 is 0. The molecule has 0 saturated carbocycles. The van der Waals surface area contributed by atoms with Gasteiger partial charge in [-0.1, -0.05) is 38.0 Å². The SMILES string of the molecule is C=CCCC/C(=C/CCC)CC. The molecule has 0 fully saturated rings. The average Bonchev–Trinajstić information content (AvgIpc) is 2.11.